The Morgan fingerprint density at radius 3 is 2.58 bits per heavy atom. The Morgan fingerprint density at radius 2 is 2.05 bits per heavy atom. The van der Waals surface area contributed by atoms with Gasteiger partial charge in [0, 0.05) is 11.8 Å². The second-order valence-electron chi connectivity index (χ2n) is 4.05. The Morgan fingerprint density at radius 1 is 1.42 bits per heavy atom. The van der Waals surface area contributed by atoms with Gasteiger partial charge in [0.15, 0.2) is 5.69 Å². The molecule has 104 valence electrons. The summed E-state index contributed by atoms with van der Waals surface area (Å²) in [6, 6.07) is 1.40. The number of pyridine rings is 1. The minimum atomic E-state index is -1.53. The van der Waals surface area contributed by atoms with Gasteiger partial charge in [-0.1, -0.05) is 0 Å². The normalized spacial score (nSPS) is 13.7. The second-order valence-corrected chi connectivity index (χ2v) is 4.05. The summed E-state index contributed by atoms with van der Waals surface area (Å²) in [6.45, 7) is 1.67. The van der Waals surface area contributed by atoms with Crippen molar-refractivity contribution in [2.75, 3.05) is 7.11 Å². The highest BCUT2D eigenvalue weighted by atomic mass is 16.5. The molecule has 2 unspecified atom stereocenters. The topological polar surface area (TPSA) is 117 Å². The third kappa shape index (κ3) is 3.73. The molecule has 3 N–H and O–H groups in total. The summed E-state index contributed by atoms with van der Waals surface area (Å²) in [5.41, 5.74) is 0.232. The van der Waals surface area contributed by atoms with Gasteiger partial charge in [0.1, 0.15) is 6.10 Å². The molecule has 0 aliphatic heterocycles. The third-order valence-corrected chi connectivity index (χ3v) is 2.54. The number of ether oxygens (including phenoxy) is 1. The Labute approximate surface area is 109 Å². The fraction of sp³-hybridized carbons (Fsp3) is 0.417. The van der Waals surface area contributed by atoms with Gasteiger partial charge in [0.05, 0.1) is 19.6 Å². The van der Waals surface area contributed by atoms with Gasteiger partial charge >= 0.3 is 11.9 Å². The molecule has 0 aromatic carbocycles. The molecule has 0 bridgehead atoms. The van der Waals surface area contributed by atoms with Crippen LogP contribution in [0.1, 0.15) is 34.1 Å². The number of hydrogen-bond acceptors (Lipinski definition) is 6. The van der Waals surface area contributed by atoms with Gasteiger partial charge in [-0.3, -0.25) is 4.79 Å². The molecule has 0 radical (unpaired) electrons. The molecule has 0 spiro atoms. The predicted octanol–water partition coefficient (Wildman–Crippen LogP) is 0.0456. The number of carbonyl (C=O) groups excluding carboxylic acids is 1. The van der Waals surface area contributed by atoms with E-state index >= 15 is 0 Å². The van der Waals surface area contributed by atoms with Crippen molar-refractivity contribution in [2.24, 2.45) is 0 Å². The Balaban J connectivity index is 3.03. The lowest BCUT2D eigenvalue weighted by molar-refractivity contribution is -0.144. The summed E-state index contributed by atoms with van der Waals surface area (Å²) in [7, 11) is 1.15. The van der Waals surface area contributed by atoms with E-state index in [0.717, 1.165) is 7.11 Å². The van der Waals surface area contributed by atoms with E-state index in [0.29, 0.717) is 5.56 Å². The summed E-state index contributed by atoms with van der Waals surface area (Å²) in [5, 5.41) is 28.6. The van der Waals surface area contributed by atoms with Crippen LogP contribution in [0, 0.1) is 6.92 Å². The molecule has 0 amide bonds. The lowest BCUT2D eigenvalue weighted by Crippen LogP contribution is -2.24. The number of aromatic nitrogens is 1. The molecule has 0 saturated heterocycles. The van der Waals surface area contributed by atoms with Crippen molar-refractivity contribution >= 4 is 11.9 Å². The average Bonchev–Trinajstić information content (AvgIpc) is 2.36. The van der Waals surface area contributed by atoms with Crippen molar-refractivity contribution in [3.63, 3.8) is 0 Å². The molecule has 19 heavy (non-hydrogen) atoms. The van der Waals surface area contributed by atoms with Gasteiger partial charge in [-0.15, -0.1) is 0 Å². The summed E-state index contributed by atoms with van der Waals surface area (Å²) < 4.78 is 4.37. The van der Waals surface area contributed by atoms with Crippen LogP contribution in [0.3, 0.4) is 0 Å². The largest absolute Gasteiger partial charge is 0.477 e. The first-order valence-corrected chi connectivity index (χ1v) is 5.49. The standard InChI is InChI=1S/C12H15NO6/c1-6-3-7(10(12(17)18)13-5-6)11(16)8(14)4-9(15)19-2/h3,5,8,11,14,16H,4H2,1-2H3,(H,17,18). The smallest absolute Gasteiger partial charge is 0.354 e. The van der Waals surface area contributed by atoms with Crippen molar-refractivity contribution in [1.29, 1.82) is 0 Å². The van der Waals surface area contributed by atoms with E-state index in [1.165, 1.54) is 12.3 Å². The molecule has 1 aromatic heterocycles. The molecule has 7 nitrogen and oxygen atoms in total. The number of carbonyl (C=O) groups is 2. The molecule has 1 heterocycles. The molecule has 7 heteroatoms. The molecule has 0 fully saturated rings. The van der Waals surface area contributed by atoms with Crippen LogP contribution in [-0.4, -0.2) is 45.5 Å². The number of hydrogen-bond donors (Lipinski definition) is 3. The fourth-order valence-electron chi connectivity index (χ4n) is 1.57. The number of nitrogens with zero attached hydrogens (tertiary/aromatic N) is 1. The molecule has 2 atom stereocenters. The number of aliphatic hydroxyl groups excluding tert-OH is 2. The van der Waals surface area contributed by atoms with Gasteiger partial charge in [-0.05, 0) is 18.6 Å². The van der Waals surface area contributed by atoms with Gasteiger partial charge in [0.2, 0.25) is 0 Å². The molecule has 1 rings (SSSR count). The van der Waals surface area contributed by atoms with E-state index in [9.17, 15) is 19.8 Å². The molecule has 1 aromatic rings. The van der Waals surface area contributed by atoms with Crippen molar-refractivity contribution in [1.82, 2.24) is 4.98 Å². The zero-order valence-corrected chi connectivity index (χ0v) is 10.5. The molecular formula is C12H15NO6. The van der Waals surface area contributed by atoms with Crippen molar-refractivity contribution < 1.29 is 29.6 Å². The monoisotopic (exact) mass is 269 g/mol. The summed E-state index contributed by atoms with van der Waals surface area (Å²) >= 11 is 0. The fourth-order valence-corrected chi connectivity index (χ4v) is 1.57. The average molecular weight is 269 g/mol. The zero-order valence-electron chi connectivity index (χ0n) is 10.5. The maximum Gasteiger partial charge on any atom is 0.354 e. The number of aryl methyl sites for hydroxylation is 1. The lowest BCUT2D eigenvalue weighted by Gasteiger charge is -2.18. The van der Waals surface area contributed by atoms with E-state index < -0.39 is 30.6 Å². The second kappa shape index (κ2) is 6.26. The van der Waals surface area contributed by atoms with E-state index in [-0.39, 0.29) is 11.3 Å². The Hall–Kier alpha value is -1.99. The number of carboxylic acids is 1. The van der Waals surface area contributed by atoms with Gasteiger partial charge in [-0.25, -0.2) is 9.78 Å². The van der Waals surface area contributed by atoms with Gasteiger partial charge < -0.3 is 20.1 Å². The minimum Gasteiger partial charge on any atom is -0.477 e. The number of methoxy groups -OCH3 is 1. The molecule has 0 aliphatic carbocycles. The quantitative estimate of drug-likeness (QED) is 0.646. The molecular weight excluding hydrogens is 254 g/mol. The van der Waals surface area contributed by atoms with Gasteiger partial charge in [0.25, 0.3) is 0 Å². The number of aliphatic hydroxyl groups is 2. The predicted molar refractivity (Wildman–Crippen MR) is 63.5 cm³/mol. The van der Waals surface area contributed by atoms with E-state index in [4.69, 9.17) is 5.11 Å². The van der Waals surface area contributed by atoms with Crippen LogP contribution in [0.15, 0.2) is 12.3 Å². The van der Waals surface area contributed by atoms with Crippen LogP contribution >= 0.6 is 0 Å². The van der Waals surface area contributed by atoms with E-state index in [2.05, 4.69) is 9.72 Å². The summed E-state index contributed by atoms with van der Waals surface area (Å²) in [4.78, 5) is 25.7. The minimum absolute atomic E-state index is 0.0381. The molecule has 0 aliphatic rings. The summed E-state index contributed by atoms with van der Waals surface area (Å²) in [6.07, 6.45) is -2.09. The maximum atomic E-state index is 11.0. The summed E-state index contributed by atoms with van der Waals surface area (Å²) in [5.74, 6) is -2.02. The first-order valence-electron chi connectivity index (χ1n) is 5.49. The third-order valence-electron chi connectivity index (χ3n) is 2.54. The highest BCUT2D eigenvalue weighted by molar-refractivity contribution is 5.87. The van der Waals surface area contributed by atoms with Crippen LogP contribution in [0.25, 0.3) is 0 Å². The van der Waals surface area contributed by atoms with Crippen LogP contribution in [0.4, 0.5) is 0 Å². The maximum absolute atomic E-state index is 11.0. The van der Waals surface area contributed by atoms with Gasteiger partial charge in [-0.2, -0.15) is 0 Å². The van der Waals surface area contributed by atoms with E-state index in [1.807, 2.05) is 0 Å². The van der Waals surface area contributed by atoms with E-state index in [1.54, 1.807) is 6.92 Å². The lowest BCUT2D eigenvalue weighted by atomic mass is 9.99. The molecule has 0 saturated carbocycles. The highest BCUT2D eigenvalue weighted by Crippen LogP contribution is 2.23. The van der Waals surface area contributed by atoms with Crippen molar-refractivity contribution in [3.8, 4) is 0 Å². The first kappa shape index (κ1) is 15.1. The number of carboxylic acid groups (broad SMARTS) is 1. The highest BCUT2D eigenvalue weighted by Gasteiger charge is 2.26. The van der Waals surface area contributed by atoms with Crippen molar-refractivity contribution in [2.45, 2.75) is 25.6 Å². The first-order chi connectivity index (χ1) is 8.86. The van der Waals surface area contributed by atoms with Crippen LogP contribution in [-0.2, 0) is 9.53 Å². The van der Waals surface area contributed by atoms with Crippen molar-refractivity contribution in [3.05, 3.63) is 29.1 Å². The van der Waals surface area contributed by atoms with Crippen LogP contribution < -0.4 is 0 Å². The Bertz CT molecular complexity index is 487. The number of rotatable bonds is 5. The Kier molecular flexibility index (Phi) is 4.96. The SMILES string of the molecule is COC(=O)CC(O)C(O)c1cc(C)cnc1C(=O)O. The van der Waals surface area contributed by atoms with Crippen LogP contribution in [0.2, 0.25) is 0 Å². The number of aromatic carboxylic acids is 1. The zero-order chi connectivity index (χ0) is 14.6. The number of esters is 1. The van der Waals surface area contributed by atoms with Crippen LogP contribution in [0.5, 0.6) is 0 Å².